The summed E-state index contributed by atoms with van der Waals surface area (Å²) in [4.78, 5) is 0. The molecule has 0 fully saturated rings. The van der Waals surface area contributed by atoms with Crippen molar-refractivity contribution >= 4 is 56.5 Å². The zero-order valence-corrected chi connectivity index (χ0v) is 18.1. The van der Waals surface area contributed by atoms with Gasteiger partial charge in [0.15, 0.2) is 4.75 Å². The Hall–Kier alpha value is -1.67. The van der Waals surface area contributed by atoms with Crippen molar-refractivity contribution in [2.45, 2.75) is 4.75 Å². The number of aromatic hydroxyl groups is 2. The Bertz CT molecular complexity index is 1150. The zero-order chi connectivity index (χ0) is 21.6. The Morgan fingerprint density at radius 1 is 0.724 bits per heavy atom. The van der Waals surface area contributed by atoms with Crippen molar-refractivity contribution in [1.82, 2.24) is 0 Å². The van der Waals surface area contributed by atoms with E-state index in [9.17, 15) is 23.2 Å². The molecule has 3 N–H and O–H groups in total. The van der Waals surface area contributed by atoms with Crippen molar-refractivity contribution in [3.05, 3.63) is 91.4 Å². The van der Waals surface area contributed by atoms with Gasteiger partial charge in [0.2, 0.25) is 0 Å². The van der Waals surface area contributed by atoms with Crippen LogP contribution in [0.2, 0.25) is 20.1 Å². The molecule has 1 atom stereocenters. The molecule has 5 nitrogen and oxygen atoms in total. The third-order valence-electron chi connectivity index (χ3n) is 4.40. The van der Waals surface area contributed by atoms with E-state index in [1.807, 2.05) is 0 Å². The molecule has 0 aliphatic heterocycles. The summed E-state index contributed by atoms with van der Waals surface area (Å²) in [5.41, 5.74) is -0.765. The van der Waals surface area contributed by atoms with Crippen LogP contribution in [-0.4, -0.2) is 23.2 Å². The van der Waals surface area contributed by atoms with Gasteiger partial charge in [0, 0.05) is 27.2 Å². The number of phenolic OH excluding ortho intramolecular Hbond substituents is 2. The van der Waals surface area contributed by atoms with E-state index in [2.05, 4.69) is 0 Å². The van der Waals surface area contributed by atoms with Gasteiger partial charge in [0.05, 0.1) is 10.0 Å². The molecule has 0 amide bonds. The highest BCUT2D eigenvalue weighted by atomic mass is 35.5. The van der Waals surface area contributed by atoms with Gasteiger partial charge in [-0.1, -0.05) is 82.8 Å². The highest BCUT2D eigenvalue weighted by molar-refractivity contribution is 7.87. The largest absolute Gasteiger partial charge is 0.506 e. The fourth-order valence-corrected chi connectivity index (χ4v) is 6.15. The summed E-state index contributed by atoms with van der Waals surface area (Å²) in [5.74, 6) is -1.31. The second-order valence-corrected chi connectivity index (χ2v) is 9.17. The lowest BCUT2D eigenvalue weighted by Gasteiger charge is -2.35. The Morgan fingerprint density at radius 2 is 1.21 bits per heavy atom. The molecule has 29 heavy (non-hydrogen) atoms. The molecule has 0 aromatic heterocycles. The second kappa shape index (κ2) is 7.87. The maximum Gasteiger partial charge on any atom is 0.283 e. The lowest BCUT2D eigenvalue weighted by Crippen LogP contribution is -2.39. The predicted molar refractivity (Wildman–Crippen MR) is 114 cm³/mol. The molecule has 152 valence electrons. The molecule has 3 aromatic rings. The van der Waals surface area contributed by atoms with E-state index in [0.29, 0.717) is 0 Å². The number of hydrogen-bond donors (Lipinski definition) is 3. The number of phenols is 2. The van der Waals surface area contributed by atoms with E-state index in [-0.39, 0.29) is 21.2 Å². The summed E-state index contributed by atoms with van der Waals surface area (Å²) in [6.45, 7) is 0. The Labute approximate surface area is 186 Å². The number of benzene rings is 3. The van der Waals surface area contributed by atoms with Crippen LogP contribution in [0.1, 0.15) is 16.7 Å². The van der Waals surface area contributed by atoms with Crippen molar-refractivity contribution in [3.8, 4) is 11.5 Å². The van der Waals surface area contributed by atoms with Gasteiger partial charge in [-0.25, -0.2) is 0 Å². The fourth-order valence-electron chi connectivity index (χ4n) is 3.25. The minimum Gasteiger partial charge on any atom is -0.506 e. The molecular weight excluding hydrogens is 482 g/mol. The first-order valence-corrected chi connectivity index (χ1v) is 10.9. The number of rotatable bonds is 4. The molecule has 0 bridgehead atoms. The summed E-state index contributed by atoms with van der Waals surface area (Å²) in [6, 6.07) is 12.5. The summed E-state index contributed by atoms with van der Waals surface area (Å²) in [5, 5.41) is 19.1. The third-order valence-corrected chi connectivity index (χ3v) is 7.21. The van der Waals surface area contributed by atoms with Crippen LogP contribution in [0.3, 0.4) is 0 Å². The topological polar surface area (TPSA) is 94.8 Å². The Kier molecular flexibility index (Phi) is 5.98. The molecule has 0 aliphatic rings. The van der Waals surface area contributed by atoms with Gasteiger partial charge in [-0.3, -0.25) is 4.55 Å². The average Bonchev–Trinajstić information content (AvgIpc) is 2.64. The molecule has 3 rings (SSSR count). The first-order valence-electron chi connectivity index (χ1n) is 7.91. The average molecular weight is 494 g/mol. The first kappa shape index (κ1) is 22.0. The number of halogens is 4. The van der Waals surface area contributed by atoms with Gasteiger partial charge in [-0.05, 0) is 17.7 Å². The molecule has 0 saturated heterocycles. The lowest BCUT2D eigenvalue weighted by atomic mass is 9.83. The highest BCUT2D eigenvalue weighted by Crippen LogP contribution is 2.55. The fraction of sp³-hybridized carbons (Fsp3) is 0.0526. The molecule has 0 aliphatic carbocycles. The molecular formula is C19H12Cl4O5S. The number of hydrogen-bond acceptors (Lipinski definition) is 4. The third kappa shape index (κ3) is 3.44. The van der Waals surface area contributed by atoms with Crippen LogP contribution in [0.5, 0.6) is 11.5 Å². The first-order chi connectivity index (χ1) is 13.5. The molecule has 0 saturated carbocycles. The maximum atomic E-state index is 13.0. The van der Waals surface area contributed by atoms with Crippen LogP contribution in [0, 0.1) is 0 Å². The van der Waals surface area contributed by atoms with Gasteiger partial charge >= 0.3 is 0 Å². The van der Waals surface area contributed by atoms with Crippen LogP contribution in [0.25, 0.3) is 0 Å². The molecule has 0 heterocycles. The summed E-state index contributed by atoms with van der Waals surface area (Å²) < 4.78 is 34.1. The smallest absolute Gasteiger partial charge is 0.283 e. The second-order valence-electron chi connectivity index (χ2n) is 6.04. The van der Waals surface area contributed by atoms with E-state index in [1.54, 1.807) is 6.07 Å². The molecule has 1 unspecified atom stereocenters. The lowest BCUT2D eigenvalue weighted by molar-refractivity contribution is 0.444. The van der Waals surface area contributed by atoms with E-state index in [1.165, 1.54) is 42.5 Å². The minimum atomic E-state index is -5.17. The highest BCUT2D eigenvalue weighted by Gasteiger charge is 2.54. The predicted octanol–water partition coefficient (Wildman–Crippen LogP) is 5.89. The van der Waals surface area contributed by atoms with Crippen molar-refractivity contribution < 1.29 is 23.2 Å². The quantitative estimate of drug-likeness (QED) is 0.311. The normalized spacial score (nSPS) is 13.8. The molecule has 3 aromatic carbocycles. The molecule has 0 spiro atoms. The summed E-state index contributed by atoms with van der Waals surface area (Å²) >= 11 is 25.2. The monoisotopic (exact) mass is 492 g/mol. The van der Waals surface area contributed by atoms with Crippen molar-refractivity contribution in [2.75, 3.05) is 0 Å². The summed E-state index contributed by atoms with van der Waals surface area (Å²) in [7, 11) is -5.17. The van der Waals surface area contributed by atoms with Crippen LogP contribution in [0.15, 0.2) is 54.6 Å². The van der Waals surface area contributed by atoms with E-state index < -0.39 is 42.0 Å². The van der Waals surface area contributed by atoms with Crippen LogP contribution in [0.4, 0.5) is 0 Å². The maximum absolute atomic E-state index is 13.0. The molecule has 0 radical (unpaired) electrons. The Balaban J connectivity index is 2.72. The molecule has 10 heteroatoms. The standard InChI is InChI=1S/C19H12Cl4O5S/c20-11-7-4-8-12(21)15(11)19(29(26,27)28,10-5-2-1-3-6-10)16-17(22)13(24)9-14(25)18(16)23/h1-9,24-25H,(H,26,27,28). The van der Waals surface area contributed by atoms with Crippen molar-refractivity contribution in [3.63, 3.8) is 0 Å². The van der Waals surface area contributed by atoms with Gasteiger partial charge in [0.25, 0.3) is 10.1 Å². The van der Waals surface area contributed by atoms with Gasteiger partial charge in [0.1, 0.15) is 11.5 Å². The van der Waals surface area contributed by atoms with E-state index >= 15 is 0 Å². The van der Waals surface area contributed by atoms with E-state index in [4.69, 9.17) is 46.4 Å². The zero-order valence-electron chi connectivity index (χ0n) is 14.3. The summed E-state index contributed by atoms with van der Waals surface area (Å²) in [6.07, 6.45) is 0. The van der Waals surface area contributed by atoms with Gasteiger partial charge in [-0.2, -0.15) is 8.42 Å². The van der Waals surface area contributed by atoms with Gasteiger partial charge in [-0.15, -0.1) is 0 Å². The van der Waals surface area contributed by atoms with Crippen LogP contribution >= 0.6 is 46.4 Å². The van der Waals surface area contributed by atoms with Crippen molar-refractivity contribution in [2.24, 2.45) is 0 Å². The van der Waals surface area contributed by atoms with Gasteiger partial charge < -0.3 is 10.2 Å². The SMILES string of the molecule is O=S(=O)(O)C(c1ccccc1)(c1c(Cl)cccc1Cl)c1c(Cl)c(O)cc(O)c1Cl. The van der Waals surface area contributed by atoms with E-state index in [0.717, 1.165) is 6.07 Å². The minimum absolute atomic E-state index is 0.0219. The van der Waals surface area contributed by atoms with Crippen molar-refractivity contribution in [1.29, 1.82) is 0 Å². The van der Waals surface area contributed by atoms with Crippen LogP contribution < -0.4 is 0 Å². The Morgan fingerprint density at radius 3 is 1.66 bits per heavy atom. The van der Waals surface area contributed by atoms with Crippen LogP contribution in [-0.2, 0) is 14.9 Å².